The molecule has 1 amide bonds. The molecule has 4 heteroatoms. The number of rotatable bonds is 2. The number of carbonyl (C=O) groups excluding carboxylic acids is 1. The van der Waals surface area contributed by atoms with Gasteiger partial charge in [-0.15, -0.1) is 0 Å². The van der Waals surface area contributed by atoms with E-state index < -0.39 is 0 Å². The van der Waals surface area contributed by atoms with E-state index in [4.69, 9.17) is 10.5 Å². The molecule has 0 radical (unpaired) electrons. The van der Waals surface area contributed by atoms with E-state index in [0.29, 0.717) is 13.2 Å². The molecule has 0 bridgehead atoms. The first-order valence-electron chi connectivity index (χ1n) is 4.95. The summed E-state index contributed by atoms with van der Waals surface area (Å²) in [5.74, 6) is -0.0610. The fourth-order valence-electron chi connectivity index (χ4n) is 1.61. The van der Waals surface area contributed by atoms with E-state index >= 15 is 0 Å². The Morgan fingerprint density at radius 3 is 2.73 bits per heavy atom. The predicted octanol–water partition coefficient (Wildman–Crippen LogP) is 0.333. The summed E-state index contributed by atoms with van der Waals surface area (Å²) in [7, 11) is 0. The van der Waals surface area contributed by atoms with Crippen molar-refractivity contribution in [1.82, 2.24) is 5.32 Å². The van der Waals surface area contributed by atoms with E-state index in [1.807, 2.05) is 24.3 Å². The third kappa shape index (κ3) is 2.34. The van der Waals surface area contributed by atoms with Crippen LogP contribution in [0.4, 0.5) is 0 Å². The second kappa shape index (κ2) is 4.42. The van der Waals surface area contributed by atoms with Crippen LogP contribution in [-0.2, 0) is 16.1 Å². The highest BCUT2D eigenvalue weighted by Crippen LogP contribution is 2.16. The molecule has 1 fully saturated rings. The van der Waals surface area contributed by atoms with Crippen LogP contribution in [0.1, 0.15) is 17.2 Å². The lowest BCUT2D eigenvalue weighted by Crippen LogP contribution is -2.39. The Morgan fingerprint density at radius 1 is 1.40 bits per heavy atom. The average molecular weight is 206 g/mol. The molecular weight excluding hydrogens is 192 g/mol. The predicted molar refractivity (Wildman–Crippen MR) is 56.0 cm³/mol. The molecule has 1 aromatic carbocycles. The van der Waals surface area contributed by atoms with Gasteiger partial charge in [0.1, 0.15) is 6.61 Å². The third-order valence-corrected chi connectivity index (χ3v) is 2.47. The summed E-state index contributed by atoms with van der Waals surface area (Å²) >= 11 is 0. The minimum atomic E-state index is -0.0610. The van der Waals surface area contributed by atoms with E-state index in [2.05, 4.69) is 5.32 Å². The molecule has 0 aromatic heterocycles. The van der Waals surface area contributed by atoms with Crippen molar-refractivity contribution in [3.63, 3.8) is 0 Å². The molecule has 1 saturated heterocycles. The molecule has 1 aliphatic rings. The van der Waals surface area contributed by atoms with Crippen molar-refractivity contribution in [2.24, 2.45) is 5.73 Å². The lowest BCUT2D eigenvalue weighted by Gasteiger charge is -2.23. The Morgan fingerprint density at radius 2 is 2.13 bits per heavy atom. The van der Waals surface area contributed by atoms with Crippen LogP contribution in [0.25, 0.3) is 0 Å². The van der Waals surface area contributed by atoms with Gasteiger partial charge in [0, 0.05) is 6.54 Å². The molecule has 0 spiro atoms. The SMILES string of the molecule is NCc1ccc(C2COCC(=O)N2)cc1. The van der Waals surface area contributed by atoms with Crippen molar-refractivity contribution < 1.29 is 9.53 Å². The maximum Gasteiger partial charge on any atom is 0.246 e. The van der Waals surface area contributed by atoms with E-state index in [-0.39, 0.29) is 18.6 Å². The largest absolute Gasteiger partial charge is 0.369 e. The fourth-order valence-corrected chi connectivity index (χ4v) is 1.61. The molecule has 1 aromatic rings. The van der Waals surface area contributed by atoms with Gasteiger partial charge in [-0.3, -0.25) is 4.79 Å². The number of carbonyl (C=O) groups is 1. The molecule has 1 heterocycles. The van der Waals surface area contributed by atoms with Crippen LogP contribution in [0.5, 0.6) is 0 Å². The monoisotopic (exact) mass is 206 g/mol. The Hall–Kier alpha value is -1.39. The van der Waals surface area contributed by atoms with Crippen LogP contribution in [-0.4, -0.2) is 19.1 Å². The number of nitrogens with one attached hydrogen (secondary N) is 1. The highest BCUT2D eigenvalue weighted by molar-refractivity contribution is 5.78. The summed E-state index contributed by atoms with van der Waals surface area (Å²) in [5.41, 5.74) is 7.65. The van der Waals surface area contributed by atoms with Gasteiger partial charge in [-0.1, -0.05) is 24.3 Å². The van der Waals surface area contributed by atoms with Gasteiger partial charge in [-0.25, -0.2) is 0 Å². The number of amides is 1. The summed E-state index contributed by atoms with van der Waals surface area (Å²) in [6.45, 7) is 1.24. The third-order valence-electron chi connectivity index (χ3n) is 2.47. The van der Waals surface area contributed by atoms with Gasteiger partial charge in [0.25, 0.3) is 0 Å². The first-order valence-corrected chi connectivity index (χ1v) is 4.95. The van der Waals surface area contributed by atoms with Crippen LogP contribution >= 0.6 is 0 Å². The highest BCUT2D eigenvalue weighted by Gasteiger charge is 2.19. The van der Waals surface area contributed by atoms with Crippen LogP contribution in [0.3, 0.4) is 0 Å². The van der Waals surface area contributed by atoms with Crippen molar-refractivity contribution in [1.29, 1.82) is 0 Å². The molecule has 3 N–H and O–H groups in total. The van der Waals surface area contributed by atoms with Crippen molar-refractivity contribution >= 4 is 5.91 Å². The topological polar surface area (TPSA) is 64.3 Å². The Labute approximate surface area is 88.4 Å². The van der Waals surface area contributed by atoms with Gasteiger partial charge in [0.15, 0.2) is 0 Å². The molecule has 1 aliphatic heterocycles. The van der Waals surface area contributed by atoms with Crippen molar-refractivity contribution in [2.75, 3.05) is 13.2 Å². The average Bonchev–Trinajstić information content (AvgIpc) is 2.29. The Balaban J connectivity index is 2.11. The van der Waals surface area contributed by atoms with Crippen molar-refractivity contribution in [3.05, 3.63) is 35.4 Å². The fraction of sp³-hybridized carbons (Fsp3) is 0.364. The molecule has 1 atom stereocenters. The first kappa shape index (κ1) is 10.1. The molecule has 0 aliphatic carbocycles. The molecule has 80 valence electrons. The lowest BCUT2D eigenvalue weighted by molar-refractivity contribution is -0.131. The van der Waals surface area contributed by atoms with Crippen molar-refractivity contribution in [3.8, 4) is 0 Å². The molecular formula is C11H14N2O2. The summed E-state index contributed by atoms with van der Waals surface area (Å²) < 4.78 is 5.17. The second-order valence-electron chi connectivity index (χ2n) is 3.58. The van der Waals surface area contributed by atoms with Crippen molar-refractivity contribution in [2.45, 2.75) is 12.6 Å². The lowest BCUT2D eigenvalue weighted by atomic mass is 10.0. The van der Waals surface area contributed by atoms with Gasteiger partial charge in [-0.2, -0.15) is 0 Å². The second-order valence-corrected chi connectivity index (χ2v) is 3.58. The van der Waals surface area contributed by atoms with E-state index in [1.165, 1.54) is 0 Å². The van der Waals surface area contributed by atoms with E-state index in [9.17, 15) is 4.79 Å². The maximum atomic E-state index is 11.1. The van der Waals surface area contributed by atoms with Gasteiger partial charge in [0.2, 0.25) is 5.91 Å². The molecule has 15 heavy (non-hydrogen) atoms. The number of nitrogens with two attached hydrogens (primary N) is 1. The zero-order valence-electron chi connectivity index (χ0n) is 8.40. The van der Waals surface area contributed by atoms with Crippen LogP contribution in [0, 0.1) is 0 Å². The molecule has 4 nitrogen and oxygen atoms in total. The summed E-state index contributed by atoms with van der Waals surface area (Å²) in [6.07, 6.45) is 0. The Bertz CT molecular complexity index is 348. The number of ether oxygens (including phenoxy) is 1. The van der Waals surface area contributed by atoms with Crippen LogP contribution < -0.4 is 11.1 Å². The number of hydrogen-bond acceptors (Lipinski definition) is 3. The minimum Gasteiger partial charge on any atom is -0.369 e. The highest BCUT2D eigenvalue weighted by atomic mass is 16.5. The summed E-state index contributed by atoms with van der Waals surface area (Å²) in [6, 6.07) is 7.86. The van der Waals surface area contributed by atoms with Gasteiger partial charge in [-0.05, 0) is 11.1 Å². The smallest absolute Gasteiger partial charge is 0.246 e. The zero-order chi connectivity index (χ0) is 10.7. The van der Waals surface area contributed by atoms with Gasteiger partial charge < -0.3 is 15.8 Å². The number of hydrogen-bond donors (Lipinski definition) is 2. The minimum absolute atomic E-state index is 0.0296. The van der Waals surface area contributed by atoms with E-state index in [0.717, 1.165) is 11.1 Å². The van der Waals surface area contributed by atoms with Crippen LogP contribution in [0.2, 0.25) is 0 Å². The van der Waals surface area contributed by atoms with Gasteiger partial charge in [0.05, 0.1) is 12.6 Å². The van der Waals surface area contributed by atoms with E-state index in [1.54, 1.807) is 0 Å². The molecule has 2 rings (SSSR count). The molecule has 0 saturated carbocycles. The van der Waals surface area contributed by atoms with Gasteiger partial charge >= 0.3 is 0 Å². The molecule has 1 unspecified atom stereocenters. The van der Waals surface area contributed by atoms with Crippen LogP contribution in [0.15, 0.2) is 24.3 Å². The summed E-state index contributed by atoms with van der Waals surface area (Å²) in [4.78, 5) is 11.1. The number of benzene rings is 1. The quantitative estimate of drug-likeness (QED) is 0.733. The zero-order valence-corrected chi connectivity index (χ0v) is 8.40. The maximum absolute atomic E-state index is 11.1. The normalized spacial score (nSPS) is 21.1. The first-order chi connectivity index (χ1) is 7.29. The Kier molecular flexibility index (Phi) is 2.99. The summed E-state index contributed by atoms with van der Waals surface area (Å²) in [5, 5.41) is 2.87. The standard InChI is InChI=1S/C11H14N2O2/c12-5-8-1-3-9(4-2-8)10-6-15-7-11(14)13-10/h1-4,10H,5-7,12H2,(H,13,14). The number of morpholine rings is 1.